The first-order chi connectivity index (χ1) is 11.6. The van der Waals surface area contributed by atoms with Crippen LogP contribution in [0.15, 0.2) is 24.3 Å². The molecule has 2 N–H and O–H groups in total. The van der Waals surface area contributed by atoms with E-state index in [1.165, 1.54) is 18.2 Å². The second-order valence-electron chi connectivity index (χ2n) is 6.84. The lowest BCUT2D eigenvalue weighted by Gasteiger charge is -2.42. The molecule has 1 aliphatic rings. The average Bonchev–Trinajstić information content (AvgIpc) is 2.53. The monoisotopic (exact) mass is 396 g/mol. The summed E-state index contributed by atoms with van der Waals surface area (Å²) in [7, 11) is 0. The first-order valence-electron chi connectivity index (χ1n) is 8.03. The van der Waals surface area contributed by atoms with E-state index < -0.39 is 12.8 Å². The van der Waals surface area contributed by atoms with E-state index >= 15 is 0 Å². The topological polar surface area (TPSA) is 64.8 Å². The van der Waals surface area contributed by atoms with Crippen LogP contribution in [0.4, 0.5) is 13.2 Å². The molecule has 26 heavy (non-hydrogen) atoms. The maximum absolute atomic E-state index is 12.3. The first-order valence-corrected chi connectivity index (χ1v) is 8.03. The Bertz CT molecular complexity index is 611. The predicted molar refractivity (Wildman–Crippen MR) is 93.7 cm³/mol. The summed E-state index contributed by atoms with van der Waals surface area (Å²) in [6.07, 6.45) is -3.74. The SMILES string of the molecule is CC1(C)CN(C(=O)COc2ccccc2OCC(F)(F)F)CCC1N.Cl. The number of ether oxygens (including phenoxy) is 2. The number of benzene rings is 1. The Morgan fingerprint density at radius 2 is 1.85 bits per heavy atom. The normalized spacial score (nSPS) is 19.5. The Morgan fingerprint density at radius 3 is 2.38 bits per heavy atom. The third-order valence-electron chi connectivity index (χ3n) is 4.26. The summed E-state index contributed by atoms with van der Waals surface area (Å²) in [5, 5.41) is 0. The van der Waals surface area contributed by atoms with Gasteiger partial charge in [0.2, 0.25) is 0 Å². The minimum atomic E-state index is -4.44. The Balaban J connectivity index is 0.00000338. The fourth-order valence-electron chi connectivity index (χ4n) is 2.67. The number of halogens is 4. The van der Waals surface area contributed by atoms with Crippen molar-refractivity contribution in [2.75, 3.05) is 26.3 Å². The van der Waals surface area contributed by atoms with E-state index in [0.29, 0.717) is 19.5 Å². The van der Waals surface area contributed by atoms with Crippen molar-refractivity contribution in [2.24, 2.45) is 11.1 Å². The lowest BCUT2D eigenvalue weighted by Crippen LogP contribution is -2.54. The molecule has 9 heteroatoms. The minimum absolute atomic E-state index is 0. The molecule has 1 aromatic rings. The summed E-state index contributed by atoms with van der Waals surface area (Å²) in [5.41, 5.74) is 5.86. The highest BCUT2D eigenvalue weighted by Crippen LogP contribution is 2.30. The van der Waals surface area contributed by atoms with Gasteiger partial charge in [0.15, 0.2) is 24.7 Å². The van der Waals surface area contributed by atoms with Gasteiger partial charge in [-0.05, 0) is 24.0 Å². The molecular weight excluding hydrogens is 373 g/mol. The Hall–Kier alpha value is -1.67. The van der Waals surface area contributed by atoms with Crippen molar-refractivity contribution in [2.45, 2.75) is 32.5 Å². The number of carbonyl (C=O) groups excluding carboxylic acids is 1. The number of para-hydroxylation sites is 2. The zero-order chi connectivity index (χ0) is 18.7. The predicted octanol–water partition coefficient (Wildman–Crippen LogP) is 3.01. The summed E-state index contributed by atoms with van der Waals surface area (Å²) in [6.45, 7) is 3.37. The molecule has 0 spiro atoms. The fraction of sp³-hybridized carbons (Fsp3) is 0.588. The Kier molecular flexibility index (Phi) is 7.58. The molecule has 0 radical (unpaired) electrons. The molecule has 1 saturated heterocycles. The van der Waals surface area contributed by atoms with Gasteiger partial charge in [-0.1, -0.05) is 26.0 Å². The van der Waals surface area contributed by atoms with E-state index in [9.17, 15) is 18.0 Å². The van der Waals surface area contributed by atoms with Gasteiger partial charge in [0, 0.05) is 19.1 Å². The number of nitrogens with zero attached hydrogens (tertiary/aromatic N) is 1. The Morgan fingerprint density at radius 1 is 1.27 bits per heavy atom. The van der Waals surface area contributed by atoms with Gasteiger partial charge < -0.3 is 20.1 Å². The lowest BCUT2D eigenvalue weighted by atomic mass is 9.80. The van der Waals surface area contributed by atoms with Crippen LogP contribution in [0.3, 0.4) is 0 Å². The van der Waals surface area contributed by atoms with Crippen molar-refractivity contribution >= 4 is 18.3 Å². The number of carbonyl (C=O) groups is 1. The van der Waals surface area contributed by atoms with Crippen LogP contribution in [0, 0.1) is 5.41 Å². The largest absolute Gasteiger partial charge is 0.480 e. The number of rotatable bonds is 5. The van der Waals surface area contributed by atoms with Gasteiger partial charge in [0.05, 0.1) is 0 Å². The van der Waals surface area contributed by atoms with Crippen LogP contribution in [0.25, 0.3) is 0 Å². The molecule has 0 bridgehead atoms. The highest BCUT2D eigenvalue weighted by Gasteiger charge is 2.35. The van der Waals surface area contributed by atoms with Crippen LogP contribution in [0.5, 0.6) is 11.5 Å². The van der Waals surface area contributed by atoms with Crippen LogP contribution < -0.4 is 15.2 Å². The molecule has 0 saturated carbocycles. The number of piperidine rings is 1. The molecule has 1 aromatic carbocycles. The number of hydrogen-bond donors (Lipinski definition) is 1. The summed E-state index contributed by atoms with van der Waals surface area (Å²) in [6, 6.07) is 6.00. The number of likely N-dealkylation sites (tertiary alicyclic amines) is 1. The number of alkyl halides is 3. The van der Waals surface area contributed by atoms with Crippen molar-refractivity contribution < 1.29 is 27.4 Å². The van der Waals surface area contributed by atoms with Gasteiger partial charge in [-0.3, -0.25) is 4.79 Å². The molecule has 1 atom stereocenters. The van der Waals surface area contributed by atoms with E-state index in [1.807, 2.05) is 13.8 Å². The highest BCUT2D eigenvalue weighted by atomic mass is 35.5. The molecule has 0 aromatic heterocycles. The summed E-state index contributed by atoms with van der Waals surface area (Å²) in [4.78, 5) is 14.0. The van der Waals surface area contributed by atoms with Gasteiger partial charge in [0.25, 0.3) is 5.91 Å². The second-order valence-corrected chi connectivity index (χ2v) is 6.84. The number of amides is 1. The Labute approximate surface area is 157 Å². The maximum Gasteiger partial charge on any atom is 0.422 e. The van der Waals surface area contributed by atoms with E-state index in [0.717, 1.165) is 0 Å². The van der Waals surface area contributed by atoms with Gasteiger partial charge in [-0.15, -0.1) is 12.4 Å². The molecule has 1 unspecified atom stereocenters. The van der Waals surface area contributed by atoms with Gasteiger partial charge >= 0.3 is 6.18 Å². The molecule has 2 rings (SSSR count). The molecular formula is C17H24ClF3N2O3. The smallest absolute Gasteiger partial charge is 0.422 e. The van der Waals surface area contributed by atoms with Gasteiger partial charge in [-0.2, -0.15) is 13.2 Å². The zero-order valence-corrected chi connectivity index (χ0v) is 15.5. The summed E-state index contributed by atoms with van der Waals surface area (Å²) in [5.74, 6) is -0.174. The molecule has 0 aliphatic carbocycles. The number of nitrogens with two attached hydrogens (primary N) is 1. The molecule has 1 fully saturated rings. The fourth-order valence-corrected chi connectivity index (χ4v) is 2.67. The van der Waals surface area contributed by atoms with Crippen molar-refractivity contribution in [1.29, 1.82) is 0 Å². The highest BCUT2D eigenvalue weighted by molar-refractivity contribution is 5.85. The van der Waals surface area contributed by atoms with Crippen molar-refractivity contribution in [3.8, 4) is 11.5 Å². The van der Waals surface area contributed by atoms with E-state index in [4.69, 9.17) is 15.2 Å². The van der Waals surface area contributed by atoms with Crippen LogP contribution in [0.1, 0.15) is 20.3 Å². The quantitative estimate of drug-likeness (QED) is 0.831. The molecule has 148 valence electrons. The second kappa shape index (κ2) is 8.81. The van der Waals surface area contributed by atoms with E-state index in [-0.39, 0.29) is 47.9 Å². The van der Waals surface area contributed by atoms with Gasteiger partial charge in [-0.25, -0.2) is 0 Å². The van der Waals surface area contributed by atoms with E-state index in [1.54, 1.807) is 11.0 Å². The van der Waals surface area contributed by atoms with Crippen LogP contribution in [-0.2, 0) is 4.79 Å². The van der Waals surface area contributed by atoms with Crippen molar-refractivity contribution in [3.05, 3.63) is 24.3 Å². The van der Waals surface area contributed by atoms with Crippen LogP contribution in [-0.4, -0.2) is 49.3 Å². The number of hydrogen-bond acceptors (Lipinski definition) is 4. The summed E-state index contributed by atoms with van der Waals surface area (Å²) >= 11 is 0. The first kappa shape index (κ1) is 22.4. The molecule has 1 heterocycles. The molecule has 5 nitrogen and oxygen atoms in total. The van der Waals surface area contributed by atoms with Crippen molar-refractivity contribution in [3.63, 3.8) is 0 Å². The third-order valence-corrected chi connectivity index (χ3v) is 4.26. The van der Waals surface area contributed by atoms with Gasteiger partial charge in [0.1, 0.15) is 0 Å². The lowest BCUT2D eigenvalue weighted by molar-refractivity contribution is -0.153. The third kappa shape index (κ3) is 6.25. The maximum atomic E-state index is 12.3. The standard InChI is InChI=1S/C17H23F3N2O3.ClH/c1-16(2)10-22(8-7-14(16)21)15(23)9-24-12-5-3-4-6-13(12)25-11-17(18,19)20;/h3-6,14H,7-11,21H2,1-2H3;1H. The molecule has 1 amide bonds. The summed E-state index contributed by atoms with van der Waals surface area (Å²) < 4.78 is 47.0. The van der Waals surface area contributed by atoms with Crippen molar-refractivity contribution in [1.82, 2.24) is 4.90 Å². The molecule has 1 aliphatic heterocycles. The van der Waals surface area contributed by atoms with Crippen LogP contribution in [0.2, 0.25) is 0 Å². The average molecular weight is 397 g/mol. The zero-order valence-electron chi connectivity index (χ0n) is 14.7. The minimum Gasteiger partial charge on any atom is -0.480 e. The van der Waals surface area contributed by atoms with E-state index in [2.05, 4.69) is 0 Å². The van der Waals surface area contributed by atoms with Crippen LogP contribution >= 0.6 is 12.4 Å².